The van der Waals surface area contributed by atoms with Crippen LogP contribution < -0.4 is 16.4 Å². The largest absolute Gasteiger partial charge is 0.545 e. The van der Waals surface area contributed by atoms with E-state index in [2.05, 4.69) is 9.97 Å². The van der Waals surface area contributed by atoms with Gasteiger partial charge < -0.3 is 9.90 Å². The monoisotopic (exact) mass is 206 g/mol. The highest BCUT2D eigenvalue weighted by Gasteiger charge is 2.03. The zero-order valence-electron chi connectivity index (χ0n) is 7.23. The first-order valence-corrected chi connectivity index (χ1v) is 3.91. The van der Waals surface area contributed by atoms with Gasteiger partial charge >= 0.3 is 5.69 Å². The van der Waals surface area contributed by atoms with Gasteiger partial charge in [0, 0.05) is 11.8 Å². The van der Waals surface area contributed by atoms with Gasteiger partial charge in [-0.2, -0.15) is 0 Å². The molecule has 0 radical (unpaired) electrons. The minimum Gasteiger partial charge on any atom is -0.545 e. The molecule has 0 unspecified atom stereocenters. The number of carbonyl (C=O) groups is 1. The summed E-state index contributed by atoms with van der Waals surface area (Å²) in [6, 6.07) is 1.09. The predicted molar refractivity (Wildman–Crippen MR) is 47.3 cm³/mol. The number of fused-ring (bicyclic) bond motifs is 1. The van der Waals surface area contributed by atoms with Crippen molar-refractivity contribution in [3.05, 3.63) is 38.7 Å². The van der Waals surface area contributed by atoms with Crippen LogP contribution in [0, 0.1) is 0 Å². The van der Waals surface area contributed by atoms with Crippen LogP contribution in [0.1, 0.15) is 10.4 Å². The molecule has 0 bridgehead atoms. The zero-order valence-corrected chi connectivity index (χ0v) is 7.23. The summed E-state index contributed by atoms with van der Waals surface area (Å²) >= 11 is 0. The topological polar surface area (TPSA) is 119 Å². The highest BCUT2D eigenvalue weighted by Crippen LogP contribution is 2.03. The second-order valence-electron chi connectivity index (χ2n) is 2.82. The first-order valence-electron chi connectivity index (χ1n) is 3.91. The van der Waals surface area contributed by atoms with Crippen molar-refractivity contribution < 1.29 is 9.90 Å². The smallest absolute Gasteiger partial charge is 0.327 e. The molecular weight excluding hydrogens is 202 g/mol. The van der Waals surface area contributed by atoms with E-state index in [1.807, 2.05) is 4.98 Å². The third kappa shape index (κ3) is 1.50. The number of carboxylic acid groups (broad SMARTS) is 1. The van der Waals surface area contributed by atoms with Gasteiger partial charge in [-0.3, -0.25) is 14.8 Å². The van der Waals surface area contributed by atoms with Crippen LogP contribution in [0.15, 0.2) is 21.9 Å². The summed E-state index contributed by atoms with van der Waals surface area (Å²) in [5.41, 5.74) is -1.57. The standard InChI is InChI=1S/C8H5N3O4/c12-6-4-1-3(7(13)14)2-9-5(4)10-8(15)11-6/h1-2H,(H,13,14)(H2,9,10,11,12,15)/p-1. The maximum absolute atomic E-state index is 11.2. The van der Waals surface area contributed by atoms with E-state index < -0.39 is 17.2 Å². The highest BCUT2D eigenvalue weighted by molar-refractivity contribution is 5.89. The van der Waals surface area contributed by atoms with Crippen molar-refractivity contribution in [3.63, 3.8) is 0 Å². The maximum atomic E-state index is 11.2. The molecule has 2 rings (SSSR count). The lowest BCUT2D eigenvalue weighted by Gasteiger charge is -2.01. The van der Waals surface area contributed by atoms with Gasteiger partial charge in [0.15, 0.2) is 0 Å². The predicted octanol–water partition coefficient (Wildman–Crippen LogP) is -2.03. The summed E-state index contributed by atoms with van der Waals surface area (Å²) in [4.78, 5) is 40.4. The van der Waals surface area contributed by atoms with Crippen LogP contribution in [0.25, 0.3) is 11.0 Å². The molecule has 0 fully saturated rings. The Labute approximate surface area is 81.4 Å². The Morgan fingerprint density at radius 1 is 1.33 bits per heavy atom. The summed E-state index contributed by atoms with van der Waals surface area (Å²) in [6.45, 7) is 0. The number of aromatic amines is 2. The first-order chi connectivity index (χ1) is 7.08. The van der Waals surface area contributed by atoms with E-state index in [4.69, 9.17) is 0 Å². The molecule has 0 atom stereocenters. The van der Waals surface area contributed by atoms with Crippen LogP contribution in [0.4, 0.5) is 0 Å². The maximum Gasteiger partial charge on any atom is 0.327 e. The molecule has 0 aromatic carbocycles. The van der Waals surface area contributed by atoms with Crippen LogP contribution in [0.5, 0.6) is 0 Å². The normalized spacial score (nSPS) is 10.4. The number of hydrogen-bond donors (Lipinski definition) is 2. The van der Waals surface area contributed by atoms with Crippen molar-refractivity contribution >= 4 is 17.0 Å². The quantitative estimate of drug-likeness (QED) is 0.557. The van der Waals surface area contributed by atoms with E-state index in [9.17, 15) is 19.5 Å². The molecule has 2 heterocycles. The molecule has 0 amide bonds. The Kier molecular flexibility index (Phi) is 1.86. The Morgan fingerprint density at radius 2 is 2.07 bits per heavy atom. The number of nitrogens with one attached hydrogen (secondary N) is 2. The minimum atomic E-state index is -1.44. The average Bonchev–Trinajstić information content (AvgIpc) is 2.16. The molecule has 76 valence electrons. The molecule has 15 heavy (non-hydrogen) atoms. The molecular formula is C8H4N3O4-. The van der Waals surface area contributed by atoms with E-state index >= 15 is 0 Å². The van der Waals surface area contributed by atoms with Crippen molar-refractivity contribution in [1.29, 1.82) is 0 Å². The number of nitrogens with zero attached hydrogens (tertiary/aromatic N) is 1. The van der Waals surface area contributed by atoms with E-state index in [0.29, 0.717) is 0 Å². The van der Waals surface area contributed by atoms with E-state index in [1.54, 1.807) is 0 Å². The van der Waals surface area contributed by atoms with E-state index in [0.717, 1.165) is 12.3 Å². The number of hydrogen-bond acceptors (Lipinski definition) is 5. The van der Waals surface area contributed by atoms with Crippen molar-refractivity contribution in [1.82, 2.24) is 15.0 Å². The lowest BCUT2D eigenvalue weighted by atomic mass is 10.2. The number of carbonyl (C=O) groups excluding carboxylic acids is 1. The van der Waals surface area contributed by atoms with Crippen molar-refractivity contribution in [3.8, 4) is 0 Å². The van der Waals surface area contributed by atoms with Gasteiger partial charge in [0.2, 0.25) is 0 Å². The molecule has 7 nitrogen and oxygen atoms in total. The zero-order chi connectivity index (χ0) is 11.0. The summed E-state index contributed by atoms with van der Waals surface area (Å²) in [5, 5.41) is 10.5. The number of pyridine rings is 1. The third-order valence-corrected chi connectivity index (χ3v) is 1.83. The average molecular weight is 206 g/mol. The number of rotatable bonds is 1. The van der Waals surface area contributed by atoms with Crippen LogP contribution >= 0.6 is 0 Å². The van der Waals surface area contributed by atoms with Crippen LogP contribution in [-0.2, 0) is 0 Å². The van der Waals surface area contributed by atoms with Crippen LogP contribution in [0.3, 0.4) is 0 Å². The van der Waals surface area contributed by atoms with Gasteiger partial charge in [0.05, 0.1) is 11.4 Å². The molecule has 0 spiro atoms. The molecule has 0 saturated heterocycles. The molecule has 7 heteroatoms. The van der Waals surface area contributed by atoms with Gasteiger partial charge in [-0.15, -0.1) is 0 Å². The SMILES string of the molecule is O=C([O-])c1cnc2[nH]c(=O)[nH]c(=O)c2c1. The van der Waals surface area contributed by atoms with Crippen molar-refractivity contribution in [2.24, 2.45) is 0 Å². The summed E-state index contributed by atoms with van der Waals surface area (Å²) < 4.78 is 0. The molecule has 2 aromatic rings. The Balaban J connectivity index is 2.89. The number of carboxylic acids is 1. The van der Waals surface area contributed by atoms with Crippen LogP contribution in [0.2, 0.25) is 0 Å². The van der Waals surface area contributed by atoms with Crippen molar-refractivity contribution in [2.75, 3.05) is 0 Å². The fourth-order valence-corrected chi connectivity index (χ4v) is 1.16. The molecule has 2 aromatic heterocycles. The number of aromatic nitrogens is 3. The lowest BCUT2D eigenvalue weighted by molar-refractivity contribution is -0.255. The molecule has 0 aliphatic heterocycles. The second kappa shape index (κ2) is 3.05. The Bertz CT molecular complexity index is 655. The van der Waals surface area contributed by atoms with Gasteiger partial charge in [0.1, 0.15) is 5.65 Å². The van der Waals surface area contributed by atoms with Crippen LogP contribution in [-0.4, -0.2) is 20.9 Å². The summed E-state index contributed by atoms with van der Waals surface area (Å²) in [5.74, 6) is -1.44. The molecule has 0 aliphatic rings. The van der Waals surface area contributed by atoms with Gasteiger partial charge in [-0.25, -0.2) is 9.78 Å². The molecule has 0 aliphatic carbocycles. The summed E-state index contributed by atoms with van der Waals surface area (Å²) in [7, 11) is 0. The Hall–Kier alpha value is -2.44. The van der Waals surface area contributed by atoms with E-state index in [1.165, 1.54) is 0 Å². The van der Waals surface area contributed by atoms with Gasteiger partial charge in [-0.1, -0.05) is 0 Å². The van der Waals surface area contributed by atoms with Gasteiger partial charge in [0.25, 0.3) is 5.56 Å². The fraction of sp³-hybridized carbons (Fsp3) is 0. The summed E-state index contributed by atoms with van der Waals surface area (Å²) in [6.07, 6.45) is 1.01. The second-order valence-corrected chi connectivity index (χ2v) is 2.82. The lowest BCUT2D eigenvalue weighted by Crippen LogP contribution is -2.25. The third-order valence-electron chi connectivity index (χ3n) is 1.83. The molecule has 0 saturated carbocycles. The Morgan fingerprint density at radius 3 is 2.73 bits per heavy atom. The molecule has 2 N–H and O–H groups in total. The number of H-pyrrole nitrogens is 2. The fourth-order valence-electron chi connectivity index (χ4n) is 1.16. The van der Waals surface area contributed by atoms with E-state index in [-0.39, 0.29) is 16.6 Å². The number of aromatic carboxylic acids is 1. The minimum absolute atomic E-state index is 0.00343. The highest BCUT2D eigenvalue weighted by atomic mass is 16.4. The van der Waals surface area contributed by atoms with Gasteiger partial charge in [-0.05, 0) is 6.07 Å². The first kappa shape index (κ1) is 9.13. The van der Waals surface area contributed by atoms with Crippen molar-refractivity contribution in [2.45, 2.75) is 0 Å².